The van der Waals surface area contributed by atoms with Crippen LogP contribution in [-0.4, -0.2) is 18.8 Å². The van der Waals surface area contributed by atoms with Crippen LogP contribution in [0.3, 0.4) is 0 Å². The normalized spacial score (nSPS) is 20.9. The van der Waals surface area contributed by atoms with Gasteiger partial charge in [0.15, 0.2) is 0 Å². The van der Waals surface area contributed by atoms with Gasteiger partial charge >= 0.3 is 7.82 Å². The maximum Gasteiger partial charge on any atom is 0.475 e. The summed E-state index contributed by atoms with van der Waals surface area (Å²) in [6.45, 7) is 10.3. The molecule has 1 heterocycles. The summed E-state index contributed by atoms with van der Waals surface area (Å²) in [4.78, 5) is 0. The number of rotatable bonds is 1. The Morgan fingerprint density at radius 1 is 1.14 bits per heavy atom. The highest BCUT2D eigenvalue weighted by Gasteiger charge is 2.34. The van der Waals surface area contributed by atoms with Crippen molar-refractivity contribution in [2.45, 2.75) is 46.6 Å². The molecular weight excluding hydrogens is 203 g/mol. The molecule has 1 aliphatic rings. The first-order chi connectivity index (χ1) is 6.41. The first kappa shape index (κ1) is 14.1. The first-order valence-corrected chi connectivity index (χ1v) is 6.47. The molecule has 0 aromatic heterocycles. The monoisotopic (exact) mass is 224 g/mol. The van der Waals surface area contributed by atoms with Gasteiger partial charge in [0.25, 0.3) is 0 Å². The lowest BCUT2D eigenvalue weighted by Crippen LogP contribution is -2.21. The molecule has 0 amide bonds. The predicted octanol–water partition coefficient (Wildman–Crippen LogP) is 3.37. The summed E-state index contributed by atoms with van der Waals surface area (Å²) in [6.07, 6.45) is 0.775. The highest BCUT2D eigenvalue weighted by Crippen LogP contribution is 2.54. The Morgan fingerprint density at radius 2 is 1.57 bits per heavy atom. The van der Waals surface area contributed by atoms with Gasteiger partial charge in [-0.25, -0.2) is 4.57 Å². The zero-order valence-corrected chi connectivity index (χ0v) is 10.6. The second-order valence-electron chi connectivity index (χ2n) is 3.67. The van der Waals surface area contributed by atoms with Gasteiger partial charge in [-0.15, -0.1) is 0 Å². The summed E-state index contributed by atoms with van der Waals surface area (Å²) in [5, 5.41) is 0. The minimum absolute atomic E-state index is 0.452. The van der Waals surface area contributed by atoms with Crippen molar-refractivity contribution in [2.75, 3.05) is 13.2 Å². The van der Waals surface area contributed by atoms with Gasteiger partial charge in [0.2, 0.25) is 0 Å². The summed E-state index contributed by atoms with van der Waals surface area (Å²) < 4.78 is 26.7. The van der Waals surface area contributed by atoms with E-state index in [1.807, 2.05) is 34.6 Å². The Morgan fingerprint density at radius 3 is 1.93 bits per heavy atom. The van der Waals surface area contributed by atoms with E-state index in [2.05, 4.69) is 0 Å². The van der Waals surface area contributed by atoms with Crippen molar-refractivity contribution in [3.05, 3.63) is 0 Å². The fraction of sp³-hybridized carbons (Fsp3) is 1.00. The summed E-state index contributed by atoms with van der Waals surface area (Å²) in [5.74, 6) is 0. The van der Waals surface area contributed by atoms with Crippen molar-refractivity contribution in [1.29, 1.82) is 0 Å². The zero-order valence-electron chi connectivity index (χ0n) is 9.70. The molecule has 0 saturated carbocycles. The van der Waals surface area contributed by atoms with Crippen molar-refractivity contribution in [2.24, 2.45) is 0 Å². The topological polar surface area (TPSA) is 44.8 Å². The van der Waals surface area contributed by atoms with Crippen LogP contribution in [0, 0.1) is 0 Å². The molecule has 1 saturated heterocycles. The second kappa shape index (κ2) is 5.86. The molecule has 0 aliphatic carbocycles. The van der Waals surface area contributed by atoms with Crippen LogP contribution in [0.15, 0.2) is 0 Å². The third kappa shape index (κ3) is 5.76. The van der Waals surface area contributed by atoms with Crippen LogP contribution >= 0.6 is 7.82 Å². The molecule has 4 nitrogen and oxygen atoms in total. The highest BCUT2D eigenvalue weighted by molar-refractivity contribution is 7.48. The van der Waals surface area contributed by atoms with Gasteiger partial charge in [0.05, 0.1) is 18.8 Å². The van der Waals surface area contributed by atoms with E-state index in [4.69, 9.17) is 13.6 Å². The number of phosphoric acid groups is 1. The summed E-state index contributed by atoms with van der Waals surface area (Å²) in [6, 6.07) is 0. The van der Waals surface area contributed by atoms with E-state index < -0.39 is 13.4 Å². The van der Waals surface area contributed by atoms with Crippen LogP contribution in [-0.2, 0) is 18.1 Å². The van der Waals surface area contributed by atoms with Crippen LogP contribution < -0.4 is 0 Å². The van der Waals surface area contributed by atoms with E-state index in [1.165, 1.54) is 0 Å². The molecular formula is C9H21O4P. The first-order valence-electron chi connectivity index (χ1n) is 5.01. The molecule has 1 aliphatic heterocycles. The minimum atomic E-state index is -3.23. The second-order valence-corrected chi connectivity index (χ2v) is 5.26. The predicted molar refractivity (Wildman–Crippen MR) is 56.3 cm³/mol. The summed E-state index contributed by atoms with van der Waals surface area (Å²) >= 11 is 0. The van der Waals surface area contributed by atoms with Gasteiger partial charge in [-0.1, -0.05) is 13.8 Å². The lowest BCUT2D eigenvalue weighted by atomic mass is 10.2. The third-order valence-corrected chi connectivity index (χ3v) is 2.94. The number of hydrogen-bond donors (Lipinski definition) is 0. The van der Waals surface area contributed by atoms with Gasteiger partial charge in [0.1, 0.15) is 0 Å². The molecule has 0 aromatic rings. The molecule has 1 rings (SSSR count). The maximum absolute atomic E-state index is 11.6. The van der Waals surface area contributed by atoms with Crippen molar-refractivity contribution in [1.82, 2.24) is 0 Å². The Bertz CT molecular complexity index is 187. The lowest BCUT2D eigenvalue weighted by Gasteiger charge is -2.28. The van der Waals surface area contributed by atoms with E-state index in [0.717, 1.165) is 6.42 Å². The Kier molecular flexibility index (Phi) is 5.91. The third-order valence-electron chi connectivity index (χ3n) is 1.17. The smallest absolute Gasteiger partial charge is 0.287 e. The van der Waals surface area contributed by atoms with Gasteiger partial charge < -0.3 is 0 Å². The van der Waals surface area contributed by atoms with E-state index >= 15 is 0 Å². The zero-order chi connectivity index (χ0) is 11.2. The fourth-order valence-electron chi connectivity index (χ4n) is 0.837. The molecule has 0 unspecified atom stereocenters. The molecule has 86 valence electrons. The quantitative estimate of drug-likeness (QED) is 0.640. The average molecular weight is 224 g/mol. The molecule has 0 atom stereocenters. The molecule has 0 spiro atoms. The fourth-order valence-corrected chi connectivity index (χ4v) is 2.39. The maximum atomic E-state index is 11.6. The van der Waals surface area contributed by atoms with Crippen LogP contribution in [0.1, 0.15) is 41.0 Å². The Hall–Kier alpha value is 0.110. The van der Waals surface area contributed by atoms with E-state index in [0.29, 0.717) is 13.2 Å². The Labute approximate surface area is 86.5 Å². The number of phosphoric ester groups is 1. The highest BCUT2D eigenvalue weighted by atomic mass is 31.2. The van der Waals surface area contributed by atoms with Crippen molar-refractivity contribution in [3.8, 4) is 0 Å². The minimum Gasteiger partial charge on any atom is -0.287 e. The molecule has 0 aromatic carbocycles. The van der Waals surface area contributed by atoms with Gasteiger partial charge in [-0.05, 0) is 27.2 Å². The largest absolute Gasteiger partial charge is 0.475 e. The van der Waals surface area contributed by atoms with Gasteiger partial charge in [0, 0.05) is 0 Å². The van der Waals surface area contributed by atoms with E-state index in [9.17, 15) is 4.57 Å². The van der Waals surface area contributed by atoms with Crippen molar-refractivity contribution < 1.29 is 18.1 Å². The molecule has 14 heavy (non-hydrogen) atoms. The summed E-state index contributed by atoms with van der Waals surface area (Å²) in [5.41, 5.74) is -0.493. The van der Waals surface area contributed by atoms with Gasteiger partial charge in [-0.3, -0.25) is 13.6 Å². The van der Waals surface area contributed by atoms with Crippen LogP contribution in [0.25, 0.3) is 0 Å². The van der Waals surface area contributed by atoms with Crippen LogP contribution in [0.5, 0.6) is 0 Å². The molecule has 5 heteroatoms. The molecule has 0 N–H and O–H groups in total. The van der Waals surface area contributed by atoms with Gasteiger partial charge in [-0.2, -0.15) is 0 Å². The molecule has 0 bridgehead atoms. The molecule has 1 fully saturated rings. The lowest BCUT2D eigenvalue weighted by molar-refractivity contribution is 0.0215. The average Bonchev–Trinajstić information content (AvgIpc) is 2.05. The van der Waals surface area contributed by atoms with Crippen molar-refractivity contribution >= 4 is 7.82 Å². The Balaban J connectivity index is 0.000000791. The summed E-state index contributed by atoms with van der Waals surface area (Å²) in [7, 11) is -3.23. The standard InChI is InChI=1S/C7H15O4P.C2H6/c1-7(2,3)11-12(8)9-5-4-6-10-12;1-2/h4-6H2,1-3H3;1-2H3. The van der Waals surface area contributed by atoms with Crippen molar-refractivity contribution in [3.63, 3.8) is 0 Å². The van der Waals surface area contributed by atoms with Crippen LogP contribution in [0.2, 0.25) is 0 Å². The van der Waals surface area contributed by atoms with Crippen LogP contribution in [0.4, 0.5) is 0 Å². The molecule has 0 radical (unpaired) electrons. The SMILES string of the molecule is CC.CC(C)(C)OP1(=O)OCCCO1. The number of hydrogen-bond acceptors (Lipinski definition) is 4. The van der Waals surface area contributed by atoms with E-state index in [1.54, 1.807) is 0 Å². The van der Waals surface area contributed by atoms with E-state index in [-0.39, 0.29) is 0 Å².